The predicted molar refractivity (Wildman–Crippen MR) is 90.2 cm³/mol. The third-order valence-electron chi connectivity index (χ3n) is 4.03. The average molecular weight is 328 g/mol. The minimum Gasteiger partial charge on any atom is -0.465 e. The van der Waals surface area contributed by atoms with Crippen LogP contribution in [0.15, 0.2) is 30.6 Å². The number of carbonyl (C=O) groups is 1. The lowest BCUT2D eigenvalue weighted by molar-refractivity contribution is 0.0600. The molecular formula is C17H20N4O3. The Morgan fingerprint density at radius 3 is 2.58 bits per heavy atom. The van der Waals surface area contributed by atoms with Gasteiger partial charge in [-0.25, -0.2) is 9.78 Å². The minimum atomic E-state index is -0.397. The van der Waals surface area contributed by atoms with Crippen molar-refractivity contribution < 1.29 is 14.3 Å². The van der Waals surface area contributed by atoms with Gasteiger partial charge in [-0.1, -0.05) is 12.8 Å². The number of esters is 1. The van der Waals surface area contributed by atoms with Gasteiger partial charge in [0.25, 0.3) is 0 Å². The number of aromatic nitrogens is 2. The Kier molecular flexibility index (Phi) is 4.79. The maximum absolute atomic E-state index is 11.4. The summed E-state index contributed by atoms with van der Waals surface area (Å²) in [7, 11) is 1.34. The van der Waals surface area contributed by atoms with E-state index in [1.807, 2.05) is 0 Å². The van der Waals surface area contributed by atoms with Crippen LogP contribution in [0, 0.1) is 0 Å². The minimum absolute atomic E-state index is 0.288. The molecule has 0 bridgehead atoms. The molecule has 0 aliphatic heterocycles. The summed E-state index contributed by atoms with van der Waals surface area (Å²) < 4.78 is 10.4. The Hall–Kier alpha value is -2.83. The lowest BCUT2D eigenvalue weighted by Crippen LogP contribution is -2.17. The van der Waals surface area contributed by atoms with Crippen molar-refractivity contribution >= 4 is 17.5 Å². The molecule has 7 heteroatoms. The van der Waals surface area contributed by atoms with Gasteiger partial charge in [-0.3, -0.25) is 0 Å². The average Bonchev–Trinajstić information content (AvgIpc) is 3.11. The summed E-state index contributed by atoms with van der Waals surface area (Å²) in [5.74, 6) is 1.01. The second-order valence-electron chi connectivity index (χ2n) is 5.68. The number of hydrogen-bond acceptors (Lipinski definition) is 7. The molecule has 3 rings (SSSR count). The van der Waals surface area contributed by atoms with Gasteiger partial charge in [-0.15, -0.1) is 0 Å². The van der Waals surface area contributed by atoms with Crippen LogP contribution in [0.2, 0.25) is 0 Å². The van der Waals surface area contributed by atoms with Gasteiger partial charge in [0, 0.05) is 6.04 Å². The summed E-state index contributed by atoms with van der Waals surface area (Å²) in [5.41, 5.74) is 6.95. The predicted octanol–water partition coefficient (Wildman–Crippen LogP) is 2.99. The summed E-state index contributed by atoms with van der Waals surface area (Å²) in [6.07, 6.45) is 6.10. The zero-order valence-electron chi connectivity index (χ0n) is 13.5. The van der Waals surface area contributed by atoms with Crippen molar-refractivity contribution in [1.29, 1.82) is 0 Å². The second-order valence-corrected chi connectivity index (χ2v) is 5.68. The molecule has 1 aromatic carbocycles. The van der Waals surface area contributed by atoms with Gasteiger partial charge >= 0.3 is 5.97 Å². The SMILES string of the molecule is COC(=O)c1ccc(Oc2ncnc(NC3CCCC3)c2N)cc1. The van der Waals surface area contributed by atoms with Crippen molar-refractivity contribution in [2.75, 3.05) is 18.2 Å². The molecule has 3 N–H and O–H groups in total. The molecule has 1 aliphatic carbocycles. The zero-order valence-corrected chi connectivity index (χ0v) is 13.5. The first-order chi connectivity index (χ1) is 11.7. The van der Waals surface area contributed by atoms with Gasteiger partial charge < -0.3 is 20.5 Å². The van der Waals surface area contributed by atoms with Gasteiger partial charge in [0.1, 0.15) is 17.8 Å². The normalized spacial score (nSPS) is 14.4. The maximum atomic E-state index is 11.4. The summed E-state index contributed by atoms with van der Waals surface area (Å²) >= 11 is 0. The fraction of sp³-hybridized carbons (Fsp3) is 0.353. The van der Waals surface area contributed by atoms with Crippen molar-refractivity contribution in [3.05, 3.63) is 36.2 Å². The molecule has 126 valence electrons. The van der Waals surface area contributed by atoms with Crippen molar-refractivity contribution in [2.45, 2.75) is 31.7 Å². The number of rotatable bonds is 5. The number of nitrogens with zero attached hydrogens (tertiary/aromatic N) is 2. The van der Waals surface area contributed by atoms with E-state index in [1.54, 1.807) is 24.3 Å². The highest BCUT2D eigenvalue weighted by Gasteiger charge is 2.18. The van der Waals surface area contributed by atoms with E-state index in [0.717, 1.165) is 12.8 Å². The van der Waals surface area contributed by atoms with Gasteiger partial charge in [0.2, 0.25) is 5.88 Å². The molecular weight excluding hydrogens is 308 g/mol. The fourth-order valence-electron chi connectivity index (χ4n) is 2.73. The first kappa shape index (κ1) is 16.0. The van der Waals surface area contributed by atoms with Crippen molar-refractivity contribution in [2.24, 2.45) is 0 Å². The van der Waals surface area contributed by atoms with Crippen LogP contribution in [-0.2, 0) is 4.74 Å². The molecule has 24 heavy (non-hydrogen) atoms. The number of anilines is 2. The van der Waals surface area contributed by atoms with E-state index < -0.39 is 5.97 Å². The molecule has 0 amide bonds. The van der Waals surface area contributed by atoms with Crippen LogP contribution >= 0.6 is 0 Å². The van der Waals surface area contributed by atoms with E-state index in [0.29, 0.717) is 28.9 Å². The Morgan fingerprint density at radius 2 is 1.92 bits per heavy atom. The summed E-state index contributed by atoms with van der Waals surface area (Å²) in [6, 6.07) is 6.97. The van der Waals surface area contributed by atoms with E-state index in [4.69, 9.17) is 10.5 Å². The Bertz CT molecular complexity index is 712. The zero-order chi connectivity index (χ0) is 16.9. The number of nitrogens with two attached hydrogens (primary N) is 1. The second kappa shape index (κ2) is 7.16. The highest BCUT2D eigenvalue weighted by Crippen LogP contribution is 2.31. The van der Waals surface area contributed by atoms with E-state index in [9.17, 15) is 4.79 Å². The van der Waals surface area contributed by atoms with Crippen LogP contribution in [0.5, 0.6) is 11.6 Å². The summed E-state index contributed by atoms with van der Waals surface area (Å²) in [5, 5.41) is 3.35. The first-order valence-electron chi connectivity index (χ1n) is 7.90. The number of carbonyl (C=O) groups excluding carboxylic acids is 1. The van der Waals surface area contributed by atoms with Gasteiger partial charge in [0.15, 0.2) is 5.82 Å². The number of nitrogen functional groups attached to an aromatic ring is 1. The number of methoxy groups -OCH3 is 1. The topological polar surface area (TPSA) is 99.4 Å². The lowest BCUT2D eigenvalue weighted by atomic mass is 10.2. The molecule has 2 aromatic rings. The van der Waals surface area contributed by atoms with E-state index in [1.165, 1.54) is 26.3 Å². The molecule has 7 nitrogen and oxygen atoms in total. The van der Waals surface area contributed by atoms with Crippen molar-refractivity contribution in [1.82, 2.24) is 9.97 Å². The van der Waals surface area contributed by atoms with Gasteiger partial charge in [-0.2, -0.15) is 4.98 Å². The molecule has 1 saturated carbocycles. The number of benzene rings is 1. The van der Waals surface area contributed by atoms with E-state index >= 15 is 0 Å². The monoisotopic (exact) mass is 328 g/mol. The molecule has 0 atom stereocenters. The van der Waals surface area contributed by atoms with E-state index in [2.05, 4.69) is 20.0 Å². The molecule has 1 aliphatic rings. The Morgan fingerprint density at radius 1 is 1.21 bits per heavy atom. The van der Waals surface area contributed by atoms with Crippen LogP contribution < -0.4 is 15.8 Å². The molecule has 1 aromatic heterocycles. The number of ether oxygens (including phenoxy) is 2. The van der Waals surface area contributed by atoms with E-state index in [-0.39, 0.29) is 5.88 Å². The molecule has 1 fully saturated rings. The third kappa shape index (κ3) is 3.56. The number of hydrogen-bond donors (Lipinski definition) is 2. The molecule has 0 spiro atoms. The van der Waals surface area contributed by atoms with Crippen molar-refractivity contribution in [3.63, 3.8) is 0 Å². The Labute approximate surface area is 140 Å². The number of nitrogens with one attached hydrogen (secondary N) is 1. The highest BCUT2D eigenvalue weighted by atomic mass is 16.5. The van der Waals surface area contributed by atoms with Crippen LogP contribution in [0.25, 0.3) is 0 Å². The first-order valence-corrected chi connectivity index (χ1v) is 7.90. The molecule has 0 saturated heterocycles. The van der Waals surface area contributed by atoms with Crippen LogP contribution in [0.1, 0.15) is 36.0 Å². The summed E-state index contributed by atoms with van der Waals surface area (Å²) in [6.45, 7) is 0. The fourth-order valence-corrected chi connectivity index (χ4v) is 2.73. The standard InChI is InChI=1S/C17H20N4O3/c1-23-17(22)11-6-8-13(9-7-11)24-16-14(18)15(19-10-20-16)21-12-4-2-3-5-12/h6-10,12H,2-5,18H2,1H3,(H,19,20,21). The van der Waals surface area contributed by atoms with Crippen LogP contribution in [-0.4, -0.2) is 29.1 Å². The van der Waals surface area contributed by atoms with Gasteiger partial charge in [0.05, 0.1) is 12.7 Å². The molecule has 0 radical (unpaired) electrons. The summed E-state index contributed by atoms with van der Waals surface area (Å²) in [4.78, 5) is 19.7. The molecule has 0 unspecified atom stereocenters. The smallest absolute Gasteiger partial charge is 0.337 e. The lowest BCUT2D eigenvalue weighted by Gasteiger charge is -2.15. The highest BCUT2D eigenvalue weighted by molar-refractivity contribution is 5.89. The largest absolute Gasteiger partial charge is 0.465 e. The Balaban J connectivity index is 1.73. The molecule has 1 heterocycles. The third-order valence-corrected chi connectivity index (χ3v) is 4.03. The van der Waals surface area contributed by atoms with Gasteiger partial charge in [-0.05, 0) is 37.1 Å². The quantitative estimate of drug-likeness (QED) is 0.814. The van der Waals surface area contributed by atoms with Crippen LogP contribution in [0.3, 0.4) is 0 Å². The van der Waals surface area contributed by atoms with Crippen molar-refractivity contribution in [3.8, 4) is 11.6 Å². The maximum Gasteiger partial charge on any atom is 0.337 e. The van der Waals surface area contributed by atoms with Crippen LogP contribution in [0.4, 0.5) is 11.5 Å².